The Morgan fingerprint density at radius 1 is 1.65 bits per heavy atom. The summed E-state index contributed by atoms with van der Waals surface area (Å²) < 4.78 is 30.4. The van der Waals surface area contributed by atoms with Crippen LogP contribution in [0.4, 0.5) is 5.13 Å². The average molecular weight is 280 g/mol. The number of anilines is 1. The van der Waals surface area contributed by atoms with Crippen molar-refractivity contribution in [2.24, 2.45) is 0 Å². The number of ether oxygens (including phenoxy) is 1. The van der Waals surface area contributed by atoms with E-state index in [-0.39, 0.29) is 17.5 Å². The number of sulfonamides is 1. The lowest BCUT2D eigenvalue weighted by atomic mass is 10.3. The Hall–Kier alpha value is -0.700. The van der Waals surface area contributed by atoms with Crippen LogP contribution in [0, 0.1) is 0 Å². The van der Waals surface area contributed by atoms with Crippen LogP contribution in [0.3, 0.4) is 0 Å². The standard InChI is InChI=1S/C9H16N2O4S2/c1-3-15-4-5-17(13,14)11-9-10-8(6-16-9)7(2)12/h6-7,12H,3-5H2,1-2H3,(H,10,11). The highest BCUT2D eigenvalue weighted by atomic mass is 32.2. The molecule has 0 spiro atoms. The molecule has 8 heteroatoms. The molecule has 1 rings (SSSR count). The molecular weight excluding hydrogens is 264 g/mol. The number of thiazole rings is 1. The molecule has 1 aromatic heterocycles. The Kier molecular flexibility index (Phi) is 5.31. The normalized spacial score (nSPS) is 13.6. The van der Waals surface area contributed by atoms with Gasteiger partial charge in [0.25, 0.3) is 0 Å². The second-order valence-corrected chi connectivity index (χ2v) is 6.07. The molecule has 0 aliphatic rings. The van der Waals surface area contributed by atoms with Crippen LogP contribution in [0.2, 0.25) is 0 Å². The van der Waals surface area contributed by atoms with E-state index in [0.717, 1.165) is 11.3 Å². The third-order valence-corrected chi connectivity index (χ3v) is 4.01. The summed E-state index contributed by atoms with van der Waals surface area (Å²) in [5, 5.41) is 11.1. The third kappa shape index (κ3) is 4.99. The zero-order valence-corrected chi connectivity index (χ0v) is 11.3. The Morgan fingerprint density at radius 3 is 2.88 bits per heavy atom. The number of aliphatic hydroxyl groups excluding tert-OH is 1. The fourth-order valence-corrected chi connectivity index (χ4v) is 2.99. The first kappa shape index (κ1) is 14.4. The summed E-state index contributed by atoms with van der Waals surface area (Å²) in [5.41, 5.74) is 0.456. The quantitative estimate of drug-likeness (QED) is 0.727. The van der Waals surface area contributed by atoms with Gasteiger partial charge in [-0.1, -0.05) is 0 Å². The van der Waals surface area contributed by atoms with Crippen molar-refractivity contribution in [2.45, 2.75) is 20.0 Å². The van der Waals surface area contributed by atoms with Gasteiger partial charge in [0.15, 0.2) is 5.13 Å². The van der Waals surface area contributed by atoms with Gasteiger partial charge in [0.1, 0.15) is 0 Å². The first-order valence-corrected chi connectivity index (χ1v) is 7.69. The lowest BCUT2D eigenvalue weighted by Gasteiger charge is -2.04. The van der Waals surface area contributed by atoms with Gasteiger partial charge >= 0.3 is 0 Å². The van der Waals surface area contributed by atoms with Gasteiger partial charge in [0, 0.05) is 12.0 Å². The van der Waals surface area contributed by atoms with E-state index in [2.05, 4.69) is 9.71 Å². The SMILES string of the molecule is CCOCCS(=O)(=O)Nc1nc(C(C)O)cs1. The molecule has 1 aromatic rings. The number of hydrogen-bond acceptors (Lipinski definition) is 6. The van der Waals surface area contributed by atoms with E-state index in [1.165, 1.54) is 0 Å². The lowest BCUT2D eigenvalue weighted by Crippen LogP contribution is -2.20. The van der Waals surface area contributed by atoms with Gasteiger partial charge in [-0.15, -0.1) is 11.3 Å². The molecule has 0 aliphatic carbocycles. The highest BCUT2D eigenvalue weighted by Crippen LogP contribution is 2.21. The molecular formula is C9H16N2O4S2. The molecule has 1 atom stereocenters. The predicted molar refractivity (Wildman–Crippen MR) is 66.7 cm³/mol. The molecule has 1 heterocycles. The van der Waals surface area contributed by atoms with Crippen LogP contribution in [0.15, 0.2) is 5.38 Å². The number of nitrogens with zero attached hydrogens (tertiary/aromatic N) is 1. The molecule has 0 bridgehead atoms. The second kappa shape index (κ2) is 6.29. The van der Waals surface area contributed by atoms with Crippen LogP contribution in [0.25, 0.3) is 0 Å². The largest absolute Gasteiger partial charge is 0.387 e. The monoisotopic (exact) mass is 280 g/mol. The maximum Gasteiger partial charge on any atom is 0.236 e. The third-order valence-electron chi connectivity index (χ3n) is 1.89. The Morgan fingerprint density at radius 2 is 2.35 bits per heavy atom. The highest BCUT2D eigenvalue weighted by molar-refractivity contribution is 7.92. The topological polar surface area (TPSA) is 88.5 Å². The molecule has 0 saturated heterocycles. The first-order valence-electron chi connectivity index (χ1n) is 5.16. The smallest absolute Gasteiger partial charge is 0.236 e. The zero-order valence-electron chi connectivity index (χ0n) is 9.71. The number of rotatable bonds is 7. The average Bonchev–Trinajstić information content (AvgIpc) is 2.65. The van der Waals surface area contributed by atoms with E-state index >= 15 is 0 Å². The van der Waals surface area contributed by atoms with Crippen LogP contribution in [0.5, 0.6) is 0 Å². The highest BCUT2D eigenvalue weighted by Gasteiger charge is 2.14. The van der Waals surface area contributed by atoms with Crippen molar-refractivity contribution >= 4 is 26.5 Å². The van der Waals surface area contributed by atoms with E-state index in [4.69, 9.17) is 4.74 Å². The van der Waals surface area contributed by atoms with Gasteiger partial charge in [-0.2, -0.15) is 0 Å². The van der Waals surface area contributed by atoms with Crippen molar-refractivity contribution in [3.8, 4) is 0 Å². The molecule has 0 amide bonds. The summed E-state index contributed by atoms with van der Waals surface area (Å²) in [5.74, 6) is -0.107. The molecule has 0 saturated carbocycles. The van der Waals surface area contributed by atoms with Crippen LogP contribution in [0.1, 0.15) is 25.6 Å². The van der Waals surface area contributed by atoms with Gasteiger partial charge in [0.2, 0.25) is 10.0 Å². The minimum Gasteiger partial charge on any atom is -0.387 e. The first-order chi connectivity index (χ1) is 7.94. The fraction of sp³-hybridized carbons (Fsp3) is 0.667. The van der Waals surface area contributed by atoms with Gasteiger partial charge < -0.3 is 9.84 Å². The Bertz CT molecular complexity index is 442. The summed E-state index contributed by atoms with van der Waals surface area (Å²) in [7, 11) is -3.43. The van der Waals surface area contributed by atoms with Crippen molar-refractivity contribution in [2.75, 3.05) is 23.7 Å². The molecule has 17 heavy (non-hydrogen) atoms. The van der Waals surface area contributed by atoms with E-state index in [9.17, 15) is 13.5 Å². The molecule has 0 aliphatic heterocycles. The van der Waals surface area contributed by atoms with Gasteiger partial charge in [-0.25, -0.2) is 13.4 Å². The number of aromatic nitrogens is 1. The molecule has 2 N–H and O–H groups in total. The number of hydrogen-bond donors (Lipinski definition) is 2. The molecule has 0 fully saturated rings. The predicted octanol–water partition coefficient (Wildman–Crippen LogP) is 0.975. The van der Waals surface area contributed by atoms with Crippen LogP contribution in [-0.4, -0.2) is 37.5 Å². The van der Waals surface area contributed by atoms with Crippen molar-refractivity contribution in [1.29, 1.82) is 0 Å². The van der Waals surface area contributed by atoms with Crippen molar-refractivity contribution < 1.29 is 18.3 Å². The van der Waals surface area contributed by atoms with E-state index in [1.54, 1.807) is 19.2 Å². The number of nitrogens with one attached hydrogen (secondary N) is 1. The maximum atomic E-state index is 11.6. The Balaban J connectivity index is 2.57. The van der Waals surface area contributed by atoms with Crippen molar-refractivity contribution in [3.63, 3.8) is 0 Å². The van der Waals surface area contributed by atoms with E-state index in [0.29, 0.717) is 12.3 Å². The molecule has 0 aromatic carbocycles. The second-order valence-electron chi connectivity index (χ2n) is 3.37. The van der Waals surface area contributed by atoms with Crippen LogP contribution < -0.4 is 4.72 Å². The Labute approximate surface area is 105 Å². The van der Waals surface area contributed by atoms with Gasteiger partial charge in [0.05, 0.1) is 24.2 Å². The molecule has 6 nitrogen and oxygen atoms in total. The molecule has 0 radical (unpaired) electrons. The maximum absolute atomic E-state index is 11.6. The molecule has 98 valence electrons. The van der Waals surface area contributed by atoms with Crippen LogP contribution >= 0.6 is 11.3 Å². The summed E-state index contributed by atoms with van der Waals surface area (Å²) in [6.45, 7) is 4.01. The minimum atomic E-state index is -3.43. The summed E-state index contributed by atoms with van der Waals surface area (Å²) >= 11 is 1.14. The van der Waals surface area contributed by atoms with Crippen molar-refractivity contribution in [1.82, 2.24) is 4.98 Å². The van der Waals surface area contributed by atoms with Crippen molar-refractivity contribution in [3.05, 3.63) is 11.1 Å². The van der Waals surface area contributed by atoms with Gasteiger partial charge in [-0.3, -0.25) is 4.72 Å². The van der Waals surface area contributed by atoms with E-state index < -0.39 is 16.1 Å². The summed E-state index contributed by atoms with van der Waals surface area (Å²) in [6, 6.07) is 0. The van der Waals surface area contributed by atoms with Crippen LogP contribution in [-0.2, 0) is 14.8 Å². The fourth-order valence-electron chi connectivity index (χ4n) is 1.02. The summed E-state index contributed by atoms with van der Waals surface area (Å²) in [4.78, 5) is 3.96. The lowest BCUT2D eigenvalue weighted by molar-refractivity contribution is 0.163. The number of aliphatic hydroxyl groups is 1. The minimum absolute atomic E-state index is 0.107. The zero-order chi connectivity index (χ0) is 12.9. The van der Waals surface area contributed by atoms with E-state index in [1.807, 2.05) is 0 Å². The van der Waals surface area contributed by atoms with Gasteiger partial charge in [-0.05, 0) is 13.8 Å². The molecule has 1 unspecified atom stereocenters. The summed E-state index contributed by atoms with van der Waals surface area (Å²) in [6.07, 6.45) is -0.701.